The van der Waals surface area contributed by atoms with E-state index in [1.54, 1.807) is 60.7 Å². The van der Waals surface area contributed by atoms with Crippen molar-refractivity contribution in [1.29, 1.82) is 0 Å². The number of Topliss-reactive ketones (excluding diaryl/α,β-unsaturated/α-hetero) is 2. The molecule has 14 nitrogen and oxygen atoms in total. The Labute approximate surface area is 405 Å². The second kappa shape index (κ2) is 23.6. The van der Waals surface area contributed by atoms with Crippen LogP contribution in [0.1, 0.15) is 108 Å². The fraction of sp³-hybridized carbons (Fsp3) is 0.250. The van der Waals surface area contributed by atoms with E-state index in [4.69, 9.17) is 28.4 Å². The molecule has 0 N–H and O–H groups in total. The molecular weight excluding hydrogens is 897 g/mol. The van der Waals surface area contributed by atoms with Crippen LogP contribution in [0.25, 0.3) is 11.1 Å². The van der Waals surface area contributed by atoms with Crippen LogP contribution in [0.3, 0.4) is 0 Å². The van der Waals surface area contributed by atoms with Gasteiger partial charge in [-0.25, -0.2) is 9.59 Å². The zero-order valence-corrected chi connectivity index (χ0v) is 39.3. The van der Waals surface area contributed by atoms with Gasteiger partial charge < -0.3 is 28.4 Å². The lowest BCUT2D eigenvalue weighted by molar-refractivity contribution is -0.151. The number of ketones is 2. The van der Waals surface area contributed by atoms with Crippen molar-refractivity contribution in [2.45, 2.75) is 65.2 Å². The predicted octanol–water partition coefficient (Wildman–Crippen LogP) is 9.15. The summed E-state index contributed by atoms with van der Waals surface area (Å²) in [6, 6.07) is 28.2. The third-order valence-corrected chi connectivity index (χ3v) is 11.4. The molecule has 0 saturated carbocycles. The van der Waals surface area contributed by atoms with Gasteiger partial charge in [0.2, 0.25) is 0 Å². The monoisotopic (exact) mass is 948 g/mol. The predicted molar refractivity (Wildman–Crippen MR) is 257 cm³/mol. The number of benzene rings is 4. The third-order valence-electron chi connectivity index (χ3n) is 11.4. The summed E-state index contributed by atoms with van der Waals surface area (Å²) in [5.74, 6) is -4.82. The van der Waals surface area contributed by atoms with Crippen molar-refractivity contribution in [2.24, 2.45) is 0 Å². The molecule has 0 heterocycles. The zero-order valence-electron chi connectivity index (χ0n) is 39.3. The van der Waals surface area contributed by atoms with E-state index < -0.39 is 47.7 Å². The Balaban J connectivity index is 1.21. The minimum atomic E-state index is -0.673. The Kier molecular flexibility index (Phi) is 17.3. The molecule has 6 rings (SSSR count). The molecule has 0 amide bonds. The van der Waals surface area contributed by atoms with E-state index in [9.17, 15) is 38.4 Å². The summed E-state index contributed by atoms with van der Waals surface area (Å²) in [5.41, 5.74) is 6.48. The lowest BCUT2D eigenvalue weighted by atomic mass is 9.74. The number of ether oxygens (including phenoxy) is 6. The lowest BCUT2D eigenvalue weighted by Crippen LogP contribution is -2.19. The van der Waals surface area contributed by atoms with Crippen molar-refractivity contribution in [2.75, 3.05) is 26.4 Å². The van der Waals surface area contributed by atoms with E-state index in [0.29, 0.717) is 44.5 Å². The minimum absolute atomic E-state index is 0.148. The molecule has 0 aliphatic heterocycles. The number of esters is 6. The maximum Gasteiger partial charge on any atom is 0.333 e. The van der Waals surface area contributed by atoms with Crippen LogP contribution in [0, 0.1) is 0 Å². The molecule has 4 aromatic carbocycles. The molecular formula is C56H52O14. The molecule has 2 unspecified atom stereocenters. The Morgan fingerprint density at radius 1 is 0.457 bits per heavy atom. The quantitative estimate of drug-likeness (QED) is 0.0268. The highest BCUT2D eigenvalue weighted by Crippen LogP contribution is 2.44. The van der Waals surface area contributed by atoms with Crippen molar-refractivity contribution < 1.29 is 66.8 Å². The molecule has 0 bridgehead atoms. The number of fused-ring (bicyclic) bond motifs is 2. The largest absolute Gasteiger partial charge is 0.462 e. The number of carbonyl (C=O) groups is 8. The molecule has 0 fully saturated rings. The standard InChI is InChI=1S/C56H52O14/c1-33(2)55(63)67-27-25-65-49(57)21-23-51(59)69-39-15-11-13-37(29-39)35(5)45-31-47(41-17-7-9-19-43(41)53(45)61)48-32-46(54(62)44-20-10-8-18-42(44)48)36(6)38-14-12-16-40(30-38)70-52(60)24-22-50(58)66-26-28-68-56(64)34(3)4/h7-20,29-32,35-36H,1,3,21-28H2,2,4-6H3/b48-47+. The molecule has 0 spiro atoms. The van der Waals surface area contributed by atoms with Crippen LogP contribution in [-0.4, -0.2) is 73.8 Å². The van der Waals surface area contributed by atoms with E-state index in [2.05, 4.69) is 13.2 Å². The van der Waals surface area contributed by atoms with E-state index in [1.165, 1.54) is 13.8 Å². The highest BCUT2D eigenvalue weighted by molar-refractivity contribution is 6.24. The SMILES string of the molecule is C=C(C)C(=O)OCCOC(=O)CCC(=O)Oc1cccc(C(C)C2=C/C(=C3/C=C(C(C)c4cccc(OC(=O)CCC(=O)OCCOC(=O)C(=C)C)c4)C(=O)c4ccccc43)c3ccccc3C2=O)c1. The van der Waals surface area contributed by atoms with Gasteiger partial charge in [-0.1, -0.05) is 99.8 Å². The van der Waals surface area contributed by atoms with Gasteiger partial charge in [0.05, 0.1) is 25.7 Å². The molecule has 2 aliphatic rings. The Hall–Kier alpha value is -8.26. The van der Waals surface area contributed by atoms with Crippen LogP contribution in [0.5, 0.6) is 11.5 Å². The molecule has 14 heteroatoms. The smallest absolute Gasteiger partial charge is 0.333 e. The van der Waals surface area contributed by atoms with E-state index >= 15 is 0 Å². The number of rotatable bonds is 20. The summed E-state index contributed by atoms with van der Waals surface area (Å²) in [6.07, 6.45) is 2.67. The first-order valence-electron chi connectivity index (χ1n) is 22.6. The van der Waals surface area contributed by atoms with Gasteiger partial charge in [-0.05, 0) is 83.7 Å². The van der Waals surface area contributed by atoms with Gasteiger partial charge >= 0.3 is 35.8 Å². The molecule has 70 heavy (non-hydrogen) atoms. The summed E-state index contributed by atoms with van der Waals surface area (Å²) < 4.78 is 31.0. The highest BCUT2D eigenvalue weighted by Gasteiger charge is 2.33. The summed E-state index contributed by atoms with van der Waals surface area (Å²) in [6.45, 7) is 13.1. The molecule has 2 atom stereocenters. The molecule has 4 aromatic rings. The van der Waals surface area contributed by atoms with Gasteiger partial charge in [-0.3, -0.25) is 28.8 Å². The summed E-state index contributed by atoms with van der Waals surface area (Å²) in [7, 11) is 0. The fourth-order valence-electron chi connectivity index (χ4n) is 7.63. The first-order valence-corrected chi connectivity index (χ1v) is 22.6. The van der Waals surface area contributed by atoms with Crippen LogP contribution in [0.2, 0.25) is 0 Å². The summed E-state index contributed by atoms with van der Waals surface area (Å²) in [4.78, 5) is 102. The Morgan fingerprint density at radius 2 is 0.800 bits per heavy atom. The maximum absolute atomic E-state index is 14.4. The van der Waals surface area contributed by atoms with Gasteiger partial charge in [0.25, 0.3) is 0 Å². The normalized spacial score (nSPS) is 14.6. The second-order valence-corrected chi connectivity index (χ2v) is 16.6. The van der Waals surface area contributed by atoms with Gasteiger partial charge in [0.15, 0.2) is 11.6 Å². The van der Waals surface area contributed by atoms with Crippen LogP contribution < -0.4 is 9.47 Å². The Morgan fingerprint density at radius 3 is 1.17 bits per heavy atom. The van der Waals surface area contributed by atoms with Crippen molar-refractivity contribution >= 4 is 58.5 Å². The Bertz CT molecular complexity index is 2680. The first kappa shape index (κ1) is 51.1. The number of hydrogen-bond acceptors (Lipinski definition) is 14. The summed E-state index contributed by atoms with van der Waals surface area (Å²) >= 11 is 0. The van der Waals surface area contributed by atoms with Crippen molar-refractivity contribution in [3.05, 3.63) is 178 Å². The van der Waals surface area contributed by atoms with Gasteiger partial charge in [-0.15, -0.1) is 0 Å². The number of carbonyl (C=O) groups excluding carboxylic acids is 8. The third kappa shape index (κ3) is 13.0. The van der Waals surface area contributed by atoms with Crippen molar-refractivity contribution in [3.63, 3.8) is 0 Å². The first-order chi connectivity index (χ1) is 33.5. The fourth-order valence-corrected chi connectivity index (χ4v) is 7.63. The minimum Gasteiger partial charge on any atom is -0.462 e. The van der Waals surface area contributed by atoms with Crippen LogP contribution >= 0.6 is 0 Å². The second-order valence-electron chi connectivity index (χ2n) is 16.6. The molecule has 360 valence electrons. The maximum atomic E-state index is 14.4. The van der Waals surface area contributed by atoms with Gasteiger partial charge in [0, 0.05) is 45.3 Å². The number of allylic oxidation sites excluding steroid dienone is 6. The van der Waals surface area contributed by atoms with Crippen LogP contribution in [-0.2, 0) is 47.7 Å². The average molecular weight is 949 g/mol. The summed E-state index contributed by atoms with van der Waals surface area (Å²) in [5, 5.41) is 0. The molecule has 0 aromatic heterocycles. The zero-order chi connectivity index (χ0) is 50.5. The van der Waals surface area contributed by atoms with Crippen molar-refractivity contribution in [1.82, 2.24) is 0 Å². The lowest BCUT2D eigenvalue weighted by Gasteiger charge is -2.28. The van der Waals surface area contributed by atoms with E-state index in [-0.39, 0.29) is 86.3 Å². The van der Waals surface area contributed by atoms with E-state index in [0.717, 1.165) is 11.1 Å². The molecule has 0 radical (unpaired) electrons. The molecule has 2 aliphatic carbocycles. The number of hydrogen-bond donors (Lipinski definition) is 0. The van der Waals surface area contributed by atoms with Crippen molar-refractivity contribution in [3.8, 4) is 11.5 Å². The topological polar surface area (TPSA) is 192 Å². The molecule has 0 saturated heterocycles. The van der Waals surface area contributed by atoms with Gasteiger partial charge in [0.1, 0.15) is 37.9 Å². The van der Waals surface area contributed by atoms with Gasteiger partial charge in [-0.2, -0.15) is 0 Å². The highest BCUT2D eigenvalue weighted by atomic mass is 16.6. The average Bonchev–Trinajstić information content (AvgIpc) is 3.35. The van der Waals surface area contributed by atoms with E-state index in [1.807, 2.05) is 62.4 Å². The van der Waals surface area contributed by atoms with Crippen LogP contribution in [0.4, 0.5) is 0 Å². The van der Waals surface area contributed by atoms with Crippen LogP contribution in [0.15, 0.2) is 145 Å².